The summed E-state index contributed by atoms with van der Waals surface area (Å²) in [5.74, 6) is 1.12. The number of piperazine rings is 1. The molecule has 0 N–H and O–H groups in total. The average molecular weight is 385 g/mol. The minimum absolute atomic E-state index is 0.0987. The summed E-state index contributed by atoms with van der Waals surface area (Å²) in [6, 6.07) is 3.46. The second kappa shape index (κ2) is 6.66. The normalized spacial score (nSPS) is 17.0. The molecule has 8 heteroatoms. The van der Waals surface area contributed by atoms with Gasteiger partial charge in [-0.3, -0.25) is 4.79 Å². The van der Waals surface area contributed by atoms with Gasteiger partial charge in [0.1, 0.15) is 13.2 Å². The monoisotopic (exact) mass is 384 g/mol. The van der Waals surface area contributed by atoms with Crippen molar-refractivity contribution < 1.29 is 23.8 Å². The van der Waals surface area contributed by atoms with Crippen LogP contribution in [0.15, 0.2) is 16.6 Å². The van der Waals surface area contributed by atoms with Gasteiger partial charge < -0.3 is 24.0 Å². The number of carbonyl (C=O) groups is 2. The van der Waals surface area contributed by atoms with Gasteiger partial charge >= 0.3 is 6.09 Å². The fraction of sp³-hybridized carbons (Fsp3) is 0.467. The standard InChI is InChI=1S/C15H17BrN2O5/c1-21-15(20)18-4-2-17(3-5-18)14(19)10-8-12-13(9-11(10)16)23-7-6-22-12/h8-9H,2-7H2,1H3. The second-order valence-corrected chi connectivity index (χ2v) is 6.08. The van der Waals surface area contributed by atoms with Crippen molar-refractivity contribution in [2.24, 2.45) is 0 Å². The maximum atomic E-state index is 12.7. The van der Waals surface area contributed by atoms with Crippen molar-refractivity contribution in [1.82, 2.24) is 9.80 Å². The molecule has 124 valence electrons. The third-order valence-electron chi connectivity index (χ3n) is 3.86. The molecule has 1 fully saturated rings. The van der Waals surface area contributed by atoms with Gasteiger partial charge in [-0.25, -0.2) is 4.79 Å². The van der Waals surface area contributed by atoms with Crippen LogP contribution in [0, 0.1) is 0 Å². The Morgan fingerprint density at radius 2 is 1.61 bits per heavy atom. The van der Waals surface area contributed by atoms with Gasteiger partial charge in [-0.15, -0.1) is 0 Å². The Bertz CT molecular complexity index is 629. The highest BCUT2D eigenvalue weighted by Crippen LogP contribution is 2.36. The first kappa shape index (κ1) is 15.9. The van der Waals surface area contributed by atoms with Crippen molar-refractivity contribution in [3.63, 3.8) is 0 Å². The Labute approximate surface area is 142 Å². The van der Waals surface area contributed by atoms with Crippen LogP contribution in [0.4, 0.5) is 4.79 Å². The van der Waals surface area contributed by atoms with Gasteiger partial charge in [0.2, 0.25) is 0 Å². The average Bonchev–Trinajstić information content (AvgIpc) is 2.60. The van der Waals surface area contributed by atoms with Crippen molar-refractivity contribution in [3.05, 3.63) is 22.2 Å². The van der Waals surface area contributed by atoms with Gasteiger partial charge in [-0.05, 0) is 28.1 Å². The van der Waals surface area contributed by atoms with Crippen LogP contribution in [0.5, 0.6) is 11.5 Å². The summed E-state index contributed by atoms with van der Waals surface area (Å²) in [6.45, 7) is 2.83. The molecule has 2 heterocycles. The zero-order valence-electron chi connectivity index (χ0n) is 12.7. The smallest absolute Gasteiger partial charge is 0.409 e. The SMILES string of the molecule is COC(=O)N1CCN(C(=O)c2cc3c(cc2Br)OCCO3)CC1. The highest BCUT2D eigenvalue weighted by atomic mass is 79.9. The number of fused-ring (bicyclic) bond motifs is 1. The van der Waals surface area contributed by atoms with Crippen LogP contribution in [0.3, 0.4) is 0 Å². The second-order valence-electron chi connectivity index (χ2n) is 5.22. The molecule has 1 saturated heterocycles. The van der Waals surface area contributed by atoms with Crippen LogP contribution >= 0.6 is 15.9 Å². The van der Waals surface area contributed by atoms with E-state index in [0.29, 0.717) is 60.9 Å². The lowest BCUT2D eigenvalue weighted by Gasteiger charge is -2.34. The van der Waals surface area contributed by atoms with E-state index in [9.17, 15) is 9.59 Å². The summed E-state index contributed by atoms with van der Waals surface area (Å²) < 4.78 is 16.4. The predicted octanol–water partition coefficient (Wildman–Crippen LogP) is 1.74. The molecule has 1 aromatic carbocycles. The van der Waals surface area contributed by atoms with Crippen LogP contribution in [0.1, 0.15) is 10.4 Å². The summed E-state index contributed by atoms with van der Waals surface area (Å²) in [4.78, 5) is 27.5. The number of hydrogen-bond acceptors (Lipinski definition) is 5. The largest absolute Gasteiger partial charge is 0.486 e. The van der Waals surface area contributed by atoms with E-state index in [0.717, 1.165) is 0 Å². The number of amides is 2. The molecule has 2 aliphatic heterocycles. The Balaban J connectivity index is 1.73. The first-order chi connectivity index (χ1) is 11.1. The number of methoxy groups -OCH3 is 1. The number of rotatable bonds is 1. The Hall–Kier alpha value is -1.96. The molecule has 0 unspecified atom stereocenters. The van der Waals surface area contributed by atoms with Crippen LogP contribution in [0.2, 0.25) is 0 Å². The molecule has 23 heavy (non-hydrogen) atoms. The Kier molecular flexibility index (Phi) is 4.61. The van der Waals surface area contributed by atoms with Crippen molar-refractivity contribution in [2.45, 2.75) is 0 Å². The van der Waals surface area contributed by atoms with Crippen LogP contribution in [0.25, 0.3) is 0 Å². The van der Waals surface area contributed by atoms with Gasteiger partial charge in [-0.2, -0.15) is 0 Å². The van der Waals surface area contributed by atoms with Crippen LogP contribution in [-0.2, 0) is 4.74 Å². The van der Waals surface area contributed by atoms with E-state index in [2.05, 4.69) is 15.9 Å². The number of ether oxygens (including phenoxy) is 3. The summed E-state index contributed by atoms with van der Waals surface area (Å²) in [5.41, 5.74) is 0.528. The first-order valence-corrected chi connectivity index (χ1v) is 8.11. The van der Waals surface area contributed by atoms with Gasteiger partial charge in [0.05, 0.1) is 12.7 Å². The zero-order valence-corrected chi connectivity index (χ0v) is 14.3. The predicted molar refractivity (Wildman–Crippen MR) is 85.0 cm³/mol. The lowest BCUT2D eigenvalue weighted by atomic mass is 10.1. The van der Waals surface area contributed by atoms with Crippen LogP contribution < -0.4 is 9.47 Å². The van der Waals surface area contributed by atoms with Gasteiger partial charge in [0.15, 0.2) is 11.5 Å². The summed E-state index contributed by atoms with van der Waals surface area (Å²) in [7, 11) is 1.35. The number of halogens is 1. The van der Waals surface area contributed by atoms with E-state index in [1.165, 1.54) is 7.11 Å². The molecular formula is C15H17BrN2O5. The fourth-order valence-corrected chi connectivity index (χ4v) is 3.11. The summed E-state index contributed by atoms with van der Waals surface area (Å²) >= 11 is 3.42. The van der Waals surface area contributed by atoms with Crippen molar-refractivity contribution in [2.75, 3.05) is 46.5 Å². The number of hydrogen-bond donors (Lipinski definition) is 0. The van der Waals surface area contributed by atoms with Gasteiger partial charge in [-0.1, -0.05) is 0 Å². The van der Waals surface area contributed by atoms with Crippen molar-refractivity contribution in [3.8, 4) is 11.5 Å². The Morgan fingerprint density at radius 1 is 1.04 bits per heavy atom. The van der Waals surface area contributed by atoms with E-state index in [4.69, 9.17) is 14.2 Å². The molecule has 0 saturated carbocycles. The number of nitrogens with zero attached hydrogens (tertiary/aromatic N) is 2. The molecule has 0 atom stereocenters. The molecule has 2 amide bonds. The maximum Gasteiger partial charge on any atom is 0.409 e. The van der Waals surface area contributed by atoms with Crippen LogP contribution in [-0.4, -0.2) is 68.3 Å². The molecule has 1 aromatic rings. The van der Waals surface area contributed by atoms with E-state index < -0.39 is 0 Å². The molecule has 3 rings (SSSR count). The van der Waals surface area contributed by atoms with E-state index in [1.54, 1.807) is 21.9 Å². The zero-order chi connectivity index (χ0) is 16.4. The maximum absolute atomic E-state index is 12.7. The molecule has 0 aromatic heterocycles. The lowest BCUT2D eigenvalue weighted by Crippen LogP contribution is -2.50. The first-order valence-electron chi connectivity index (χ1n) is 7.31. The molecule has 7 nitrogen and oxygen atoms in total. The molecule has 0 radical (unpaired) electrons. The molecule has 0 spiro atoms. The van der Waals surface area contributed by atoms with Crippen molar-refractivity contribution in [1.29, 1.82) is 0 Å². The van der Waals surface area contributed by atoms with Gasteiger partial charge in [0.25, 0.3) is 5.91 Å². The Morgan fingerprint density at radius 3 is 2.22 bits per heavy atom. The van der Waals surface area contributed by atoms with E-state index in [-0.39, 0.29) is 12.0 Å². The van der Waals surface area contributed by atoms with E-state index in [1.807, 2.05) is 0 Å². The van der Waals surface area contributed by atoms with E-state index >= 15 is 0 Å². The number of carbonyl (C=O) groups excluding carboxylic acids is 2. The molecule has 2 aliphatic rings. The number of benzene rings is 1. The fourth-order valence-electron chi connectivity index (χ4n) is 2.62. The summed E-state index contributed by atoms with van der Waals surface area (Å²) in [5, 5.41) is 0. The third kappa shape index (κ3) is 3.21. The highest BCUT2D eigenvalue weighted by Gasteiger charge is 2.27. The van der Waals surface area contributed by atoms with Crippen molar-refractivity contribution >= 4 is 27.9 Å². The lowest BCUT2D eigenvalue weighted by molar-refractivity contribution is 0.0598. The minimum Gasteiger partial charge on any atom is -0.486 e. The molecule has 0 aliphatic carbocycles. The summed E-state index contributed by atoms with van der Waals surface area (Å²) in [6.07, 6.45) is -0.363. The molecule has 0 bridgehead atoms. The highest BCUT2D eigenvalue weighted by molar-refractivity contribution is 9.10. The third-order valence-corrected chi connectivity index (χ3v) is 4.52. The topological polar surface area (TPSA) is 68.3 Å². The van der Waals surface area contributed by atoms with Gasteiger partial charge in [0, 0.05) is 30.7 Å². The quantitative estimate of drug-likeness (QED) is 0.737. The molecular weight excluding hydrogens is 368 g/mol. The minimum atomic E-state index is -0.363.